The quantitative estimate of drug-likeness (QED) is 0.765. The Morgan fingerprint density at radius 2 is 1.88 bits per heavy atom. The summed E-state index contributed by atoms with van der Waals surface area (Å²) in [6, 6.07) is 6.46. The second-order valence-corrected chi connectivity index (χ2v) is 8.21. The monoisotopic (exact) mass is 350 g/mol. The van der Waals surface area contributed by atoms with Crippen LogP contribution in [0.15, 0.2) is 41.8 Å². The number of amides is 1. The molecular weight excluding hydrogens is 324 g/mol. The number of nitrogens with one attached hydrogen (secondary N) is 1. The van der Waals surface area contributed by atoms with Crippen molar-refractivity contribution >= 4 is 21.6 Å². The smallest absolute Gasteiger partial charge is 0.243 e. The Morgan fingerprint density at radius 3 is 2.46 bits per heavy atom. The van der Waals surface area contributed by atoms with Crippen LogP contribution < -0.4 is 5.32 Å². The maximum atomic E-state index is 12.7. The molecule has 0 saturated heterocycles. The molecule has 6 heteroatoms. The van der Waals surface area contributed by atoms with Crippen LogP contribution in [0.1, 0.15) is 44.9 Å². The molecule has 1 aromatic carbocycles. The van der Waals surface area contributed by atoms with Crippen molar-refractivity contribution in [2.75, 3.05) is 12.4 Å². The first kappa shape index (κ1) is 18.7. The Hall–Kier alpha value is -1.66. The first-order chi connectivity index (χ1) is 11.4. The number of sulfonamides is 1. The van der Waals surface area contributed by atoms with Crippen LogP contribution in [0.25, 0.3) is 0 Å². The minimum Gasteiger partial charge on any atom is -0.326 e. The van der Waals surface area contributed by atoms with E-state index in [2.05, 4.69) is 11.9 Å². The van der Waals surface area contributed by atoms with Gasteiger partial charge in [-0.15, -0.1) is 6.58 Å². The second-order valence-electron chi connectivity index (χ2n) is 6.21. The summed E-state index contributed by atoms with van der Waals surface area (Å²) in [5.74, 6) is -0.107. The standard InChI is InChI=1S/C18H26N2O3S/c1-3-4-10-18(21)19-15-11-13-17(14-12-15)24(22,23)20(2)16-8-6-5-7-9-16/h3,11-14,16H,1,4-10H2,2H3,(H,19,21). The summed E-state index contributed by atoms with van der Waals surface area (Å²) in [5.41, 5.74) is 0.600. The average molecular weight is 350 g/mol. The molecular formula is C18H26N2O3S. The minimum absolute atomic E-state index is 0.0852. The third-order valence-electron chi connectivity index (χ3n) is 4.48. The summed E-state index contributed by atoms with van der Waals surface area (Å²) in [5, 5.41) is 2.75. The van der Waals surface area contributed by atoms with Gasteiger partial charge in [0.15, 0.2) is 0 Å². The largest absolute Gasteiger partial charge is 0.326 e. The SMILES string of the molecule is C=CCCC(=O)Nc1ccc(S(=O)(=O)N(C)C2CCCCC2)cc1. The Balaban J connectivity index is 2.05. The van der Waals surface area contributed by atoms with Crippen molar-refractivity contribution in [3.05, 3.63) is 36.9 Å². The Bertz CT molecular complexity index is 662. The summed E-state index contributed by atoms with van der Waals surface area (Å²) in [4.78, 5) is 11.9. The number of benzene rings is 1. The van der Waals surface area contributed by atoms with Gasteiger partial charge in [0.1, 0.15) is 0 Å². The van der Waals surface area contributed by atoms with Gasteiger partial charge < -0.3 is 5.32 Å². The van der Waals surface area contributed by atoms with Gasteiger partial charge in [0.2, 0.25) is 15.9 Å². The van der Waals surface area contributed by atoms with Crippen molar-refractivity contribution in [1.82, 2.24) is 4.31 Å². The fourth-order valence-corrected chi connectivity index (χ4v) is 4.39. The van der Waals surface area contributed by atoms with E-state index in [1.807, 2.05) is 0 Å². The van der Waals surface area contributed by atoms with Crippen molar-refractivity contribution in [2.45, 2.75) is 55.9 Å². The number of carbonyl (C=O) groups excluding carboxylic acids is 1. The fourth-order valence-electron chi connectivity index (χ4n) is 2.97. The van der Waals surface area contributed by atoms with E-state index >= 15 is 0 Å². The molecule has 1 fully saturated rings. The highest BCUT2D eigenvalue weighted by Crippen LogP contribution is 2.27. The molecule has 1 aromatic rings. The van der Waals surface area contributed by atoms with Crippen LogP contribution in [0.3, 0.4) is 0 Å². The molecule has 1 saturated carbocycles. The Labute approximate surface area is 144 Å². The predicted molar refractivity (Wildman–Crippen MR) is 96.3 cm³/mol. The first-order valence-electron chi connectivity index (χ1n) is 8.44. The fraction of sp³-hybridized carbons (Fsp3) is 0.500. The summed E-state index contributed by atoms with van der Waals surface area (Å²) < 4.78 is 27.0. The lowest BCUT2D eigenvalue weighted by molar-refractivity contribution is -0.116. The van der Waals surface area contributed by atoms with Gasteiger partial charge in [-0.2, -0.15) is 4.31 Å². The van der Waals surface area contributed by atoms with Crippen molar-refractivity contribution in [3.8, 4) is 0 Å². The van der Waals surface area contributed by atoms with Crippen LogP contribution in [0.5, 0.6) is 0 Å². The van der Waals surface area contributed by atoms with Crippen molar-refractivity contribution in [3.63, 3.8) is 0 Å². The van der Waals surface area contributed by atoms with Gasteiger partial charge >= 0.3 is 0 Å². The highest BCUT2D eigenvalue weighted by Gasteiger charge is 2.28. The molecule has 2 rings (SSSR count). The molecule has 0 unspecified atom stereocenters. The number of hydrogen-bond donors (Lipinski definition) is 1. The summed E-state index contributed by atoms with van der Waals surface area (Å²) in [6.07, 6.45) is 7.88. The van der Waals surface area contributed by atoms with Crippen molar-refractivity contribution in [1.29, 1.82) is 0 Å². The van der Waals surface area contributed by atoms with Crippen molar-refractivity contribution < 1.29 is 13.2 Å². The Morgan fingerprint density at radius 1 is 1.25 bits per heavy atom. The minimum atomic E-state index is -3.49. The zero-order valence-corrected chi connectivity index (χ0v) is 15.0. The van der Waals surface area contributed by atoms with Crippen LogP contribution in [-0.2, 0) is 14.8 Å². The van der Waals surface area contributed by atoms with Gasteiger partial charge in [0.25, 0.3) is 0 Å². The number of nitrogens with zero attached hydrogens (tertiary/aromatic N) is 1. The first-order valence-corrected chi connectivity index (χ1v) is 9.88. The Kier molecular flexibility index (Phi) is 6.57. The van der Waals surface area contributed by atoms with E-state index in [9.17, 15) is 13.2 Å². The molecule has 1 N–H and O–H groups in total. The topological polar surface area (TPSA) is 66.5 Å². The van der Waals surface area contributed by atoms with E-state index in [0.717, 1.165) is 25.7 Å². The van der Waals surface area contributed by atoms with Crippen LogP contribution in [0.4, 0.5) is 5.69 Å². The van der Waals surface area contributed by atoms with Crippen LogP contribution in [0.2, 0.25) is 0 Å². The summed E-state index contributed by atoms with van der Waals surface area (Å²) in [7, 11) is -1.83. The van der Waals surface area contributed by atoms with Crippen LogP contribution >= 0.6 is 0 Å². The lowest BCUT2D eigenvalue weighted by atomic mass is 9.96. The van der Waals surface area contributed by atoms with Gasteiger partial charge in [-0.05, 0) is 43.5 Å². The van der Waals surface area contributed by atoms with Gasteiger partial charge in [0, 0.05) is 25.2 Å². The zero-order valence-electron chi connectivity index (χ0n) is 14.2. The molecule has 132 valence electrons. The molecule has 1 aliphatic rings. The number of allylic oxidation sites excluding steroid dienone is 1. The molecule has 0 aromatic heterocycles. The summed E-state index contributed by atoms with van der Waals surface area (Å²) >= 11 is 0. The maximum Gasteiger partial charge on any atom is 0.243 e. The number of rotatable bonds is 7. The zero-order chi connectivity index (χ0) is 17.6. The molecule has 0 aliphatic heterocycles. The van der Waals surface area contributed by atoms with E-state index in [4.69, 9.17) is 0 Å². The molecule has 0 spiro atoms. The molecule has 5 nitrogen and oxygen atoms in total. The second kappa shape index (κ2) is 8.44. The molecule has 1 amide bonds. The molecule has 0 radical (unpaired) electrons. The van der Waals surface area contributed by atoms with E-state index in [0.29, 0.717) is 18.5 Å². The molecule has 24 heavy (non-hydrogen) atoms. The lowest BCUT2D eigenvalue weighted by Crippen LogP contribution is -2.38. The summed E-state index contributed by atoms with van der Waals surface area (Å²) in [6.45, 7) is 3.58. The van der Waals surface area contributed by atoms with Gasteiger partial charge in [-0.1, -0.05) is 25.3 Å². The van der Waals surface area contributed by atoms with E-state index < -0.39 is 10.0 Å². The van der Waals surface area contributed by atoms with E-state index in [1.54, 1.807) is 37.4 Å². The predicted octanol–water partition coefficient (Wildman–Crippen LogP) is 3.54. The highest BCUT2D eigenvalue weighted by molar-refractivity contribution is 7.89. The molecule has 0 atom stereocenters. The number of anilines is 1. The van der Waals surface area contributed by atoms with Crippen LogP contribution in [-0.4, -0.2) is 31.7 Å². The maximum absolute atomic E-state index is 12.7. The van der Waals surface area contributed by atoms with Gasteiger partial charge in [-0.25, -0.2) is 8.42 Å². The third-order valence-corrected chi connectivity index (χ3v) is 6.40. The molecule has 0 bridgehead atoms. The van der Waals surface area contributed by atoms with E-state index in [1.165, 1.54) is 10.7 Å². The lowest BCUT2D eigenvalue weighted by Gasteiger charge is -2.30. The highest BCUT2D eigenvalue weighted by atomic mass is 32.2. The van der Waals surface area contributed by atoms with E-state index in [-0.39, 0.29) is 16.8 Å². The van der Waals surface area contributed by atoms with Gasteiger partial charge in [-0.3, -0.25) is 4.79 Å². The third kappa shape index (κ3) is 4.68. The molecule has 0 heterocycles. The number of carbonyl (C=O) groups is 1. The average Bonchev–Trinajstić information content (AvgIpc) is 2.60. The van der Waals surface area contributed by atoms with Crippen molar-refractivity contribution in [2.24, 2.45) is 0 Å². The molecule has 1 aliphatic carbocycles. The van der Waals surface area contributed by atoms with Gasteiger partial charge in [0.05, 0.1) is 4.90 Å². The normalized spacial score (nSPS) is 16.1. The number of hydrogen-bond acceptors (Lipinski definition) is 3. The van der Waals surface area contributed by atoms with Crippen LogP contribution in [0, 0.1) is 0 Å².